The molecule has 7 nitrogen and oxygen atoms in total. The van der Waals surface area contributed by atoms with Gasteiger partial charge < -0.3 is 10.6 Å². The van der Waals surface area contributed by atoms with Crippen molar-refractivity contribution >= 4 is 17.5 Å². The van der Waals surface area contributed by atoms with Crippen molar-refractivity contribution in [2.24, 2.45) is 0 Å². The van der Waals surface area contributed by atoms with Crippen molar-refractivity contribution in [2.75, 3.05) is 25.0 Å². The van der Waals surface area contributed by atoms with Crippen molar-refractivity contribution in [2.45, 2.75) is 45.3 Å². The molecule has 168 valence electrons. The maximum atomic E-state index is 12.5. The second kappa shape index (κ2) is 9.51. The number of halogens is 3. The molecular formula is C21H26F3N5O2. The van der Waals surface area contributed by atoms with E-state index in [9.17, 15) is 22.8 Å². The molecule has 0 radical (unpaired) electrons. The summed E-state index contributed by atoms with van der Waals surface area (Å²) in [6, 6.07) is 8.92. The number of nitrogens with one attached hydrogen (secondary N) is 2. The first-order valence-corrected chi connectivity index (χ1v) is 10.2. The number of carbonyl (C=O) groups excluding carboxylic acids is 2. The Labute approximate surface area is 178 Å². The molecule has 3 rings (SSSR count). The van der Waals surface area contributed by atoms with E-state index in [4.69, 9.17) is 0 Å². The number of anilines is 1. The molecule has 0 bridgehead atoms. The van der Waals surface area contributed by atoms with E-state index in [0.717, 1.165) is 11.4 Å². The summed E-state index contributed by atoms with van der Waals surface area (Å²) in [4.78, 5) is 26.4. The molecule has 1 aliphatic rings. The van der Waals surface area contributed by atoms with Crippen LogP contribution in [0.3, 0.4) is 0 Å². The zero-order valence-electron chi connectivity index (χ0n) is 17.5. The normalized spacial score (nSPS) is 17.0. The minimum atomic E-state index is -4.45. The third-order valence-corrected chi connectivity index (χ3v) is 5.31. The number of rotatable bonds is 7. The molecule has 2 heterocycles. The van der Waals surface area contributed by atoms with Gasteiger partial charge in [0.15, 0.2) is 0 Å². The molecule has 2 aromatic rings. The van der Waals surface area contributed by atoms with Crippen molar-refractivity contribution in [1.82, 2.24) is 20.0 Å². The largest absolute Gasteiger partial charge is 0.405 e. The molecule has 1 fully saturated rings. The molecule has 0 spiro atoms. The number of aryl methyl sites for hydroxylation is 1. The van der Waals surface area contributed by atoms with Gasteiger partial charge in [-0.15, -0.1) is 0 Å². The quantitative estimate of drug-likeness (QED) is 0.698. The van der Waals surface area contributed by atoms with Gasteiger partial charge >= 0.3 is 6.18 Å². The molecule has 1 aliphatic heterocycles. The Morgan fingerprint density at radius 3 is 2.58 bits per heavy atom. The van der Waals surface area contributed by atoms with Crippen LogP contribution in [0.4, 0.5) is 18.9 Å². The van der Waals surface area contributed by atoms with Gasteiger partial charge in [0.2, 0.25) is 11.8 Å². The van der Waals surface area contributed by atoms with Crippen LogP contribution in [0.15, 0.2) is 30.3 Å². The lowest BCUT2D eigenvalue weighted by Crippen LogP contribution is -2.46. The van der Waals surface area contributed by atoms with Crippen molar-refractivity contribution in [3.8, 4) is 5.69 Å². The average molecular weight is 437 g/mol. The Kier molecular flexibility index (Phi) is 6.99. The molecule has 0 aliphatic carbocycles. The highest BCUT2D eigenvalue weighted by atomic mass is 19.4. The maximum absolute atomic E-state index is 12.5. The summed E-state index contributed by atoms with van der Waals surface area (Å²) in [5, 5.41) is 9.31. The van der Waals surface area contributed by atoms with Gasteiger partial charge in [-0.2, -0.15) is 18.3 Å². The predicted octanol–water partition coefficient (Wildman–Crippen LogP) is 2.96. The Hall–Kier alpha value is -2.88. The summed E-state index contributed by atoms with van der Waals surface area (Å²) in [6.07, 6.45) is -3.14. The molecule has 1 aromatic heterocycles. The average Bonchev–Trinajstić information content (AvgIpc) is 3.30. The van der Waals surface area contributed by atoms with E-state index < -0.39 is 24.7 Å². The van der Waals surface area contributed by atoms with Crippen LogP contribution in [-0.4, -0.2) is 58.3 Å². The highest BCUT2D eigenvalue weighted by Gasteiger charge is 2.34. The molecule has 1 atom stereocenters. The molecule has 10 heteroatoms. The third-order valence-electron chi connectivity index (χ3n) is 5.31. The third kappa shape index (κ3) is 5.84. The van der Waals surface area contributed by atoms with Crippen molar-refractivity contribution < 1.29 is 22.8 Å². The van der Waals surface area contributed by atoms with Crippen LogP contribution in [0.2, 0.25) is 0 Å². The fourth-order valence-corrected chi connectivity index (χ4v) is 3.79. The van der Waals surface area contributed by atoms with Crippen molar-refractivity contribution in [3.05, 3.63) is 41.7 Å². The second-order valence-electron chi connectivity index (χ2n) is 7.62. The zero-order valence-corrected chi connectivity index (χ0v) is 17.5. The lowest BCUT2D eigenvalue weighted by molar-refractivity contribution is -0.141. The molecule has 0 saturated carbocycles. The number of hydrogen-bond acceptors (Lipinski definition) is 4. The van der Waals surface area contributed by atoms with Gasteiger partial charge in [0.1, 0.15) is 6.54 Å². The summed E-state index contributed by atoms with van der Waals surface area (Å²) in [7, 11) is 0. The van der Waals surface area contributed by atoms with E-state index >= 15 is 0 Å². The Morgan fingerprint density at radius 2 is 1.90 bits per heavy atom. The van der Waals surface area contributed by atoms with Gasteiger partial charge in [0.25, 0.3) is 0 Å². The van der Waals surface area contributed by atoms with E-state index in [1.807, 2.05) is 49.5 Å². The number of amides is 2. The number of carbonyl (C=O) groups is 2. The van der Waals surface area contributed by atoms with Gasteiger partial charge in [-0.05, 0) is 45.4 Å². The maximum Gasteiger partial charge on any atom is 0.405 e. The summed E-state index contributed by atoms with van der Waals surface area (Å²) < 4.78 is 38.8. The first-order valence-electron chi connectivity index (χ1n) is 10.2. The van der Waals surface area contributed by atoms with Crippen LogP contribution in [0.1, 0.15) is 30.7 Å². The molecule has 31 heavy (non-hydrogen) atoms. The van der Waals surface area contributed by atoms with Crippen LogP contribution in [0.25, 0.3) is 5.69 Å². The number of alkyl halides is 3. The standard InChI is InChI=1S/C21H26F3N5O2/c1-14-19(15(2)29(27-14)16-7-4-3-5-8-16)26-18(30)10-12-28-11-6-9-17(28)20(31)25-13-21(22,23)24/h3-5,7-8,17H,6,9-13H2,1-2H3,(H,25,31)(H,26,30). The lowest BCUT2D eigenvalue weighted by atomic mass is 10.2. The fraction of sp³-hybridized carbons (Fsp3) is 0.476. The van der Waals surface area contributed by atoms with Crippen molar-refractivity contribution in [3.63, 3.8) is 0 Å². The minimum absolute atomic E-state index is 0.123. The van der Waals surface area contributed by atoms with Crippen LogP contribution >= 0.6 is 0 Å². The van der Waals surface area contributed by atoms with Crippen LogP contribution in [0.5, 0.6) is 0 Å². The van der Waals surface area contributed by atoms with Crippen LogP contribution < -0.4 is 10.6 Å². The number of likely N-dealkylation sites (tertiary alicyclic amines) is 1. The highest BCUT2D eigenvalue weighted by Crippen LogP contribution is 2.23. The number of benzene rings is 1. The number of para-hydroxylation sites is 1. The van der Waals surface area contributed by atoms with Gasteiger partial charge in [-0.25, -0.2) is 4.68 Å². The zero-order chi connectivity index (χ0) is 22.6. The smallest absolute Gasteiger partial charge is 0.346 e. The molecule has 1 saturated heterocycles. The molecule has 1 aromatic carbocycles. The number of nitrogens with zero attached hydrogens (tertiary/aromatic N) is 3. The van der Waals surface area contributed by atoms with Crippen LogP contribution in [0, 0.1) is 13.8 Å². The number of aromatic nitrogens is 2. The first kappa shape index (κ1) is 22.8. The first-order chi connectivity index (χ1) is 14.7. The lowest BCUT2D eigenvalue weighted by Gasteiger charge is -2.23. The highest BCUT2D eigenvalue weighted by molar-refractivity contribution is 5.92. The van der Waals surface area contributed by atoms with E-state index in [1.165, 1.54) is 0 Å². The molecule has 1 unspecified atom stereocenters. The molecular weight excluding hydrogens is 411 g/mol. The Balaban J connectivity index is 1.57. The monoisotopic (exact) mass is 437 g/mol. The SMILES string of the molecule is Cc1nn(-c2ccccc2)c(C)c1NC(=O)CCN1CCCC1C(=O)NCC(F)(F)F. The van der Waals surface area contributed by atoms with E-state index in [0.29, 0.717) is 37.3 Å². The van der Waals surface area contributed by atoms with E-state index in [2.05, 4.69) is 10.4 Å². The number of hydrogen-bond donors (Lipinski definition) is 2. The minimum Gasteiger partial charge on any atom is -0.346 e. The molecule has 2 N–H and O–H groups in total. The summed E-state index contributed by atoms with van der Waals surface area (Å²) in [5.74, 6) is -0.883. The van der Waals surface area contributed by atoms with Gasteiger partial charge in [-0.3, -0.25) is 14.5 Å². The topological polar surface area (TPSA) is 79.3 Å². The molecule has 2 amide bonds. The summed E-state index contributed by atoms with van der Waals surface area (Å²) >= 11 is 0. The Morgan fingerprint density at radius 1 is 1.19 bits per heavy atom. The summed E-state index contributed by atoms with van der Waals surface area (Å²) in [6.45, 7) is 3.19. The predicted molar refractivity (Wildman–Crippen MR) is 110 cm³/mol. The van der Waals surface area contributed by atoms with E-state index in [1.54, 1.807) is 9.58 Å². The van der Waals surface area contributed by atoms with E-state index in [-0.39, 0.29) is 12.3 Å². The van der Waals surface area contributed by atoms with Crippen molar-refractivity contribution in [1.29, 1.82) is 0 Å². The fourth-order valence-electron chi connectivity index (χ4n) is 3.79. The van der Waals surface area contributed by atoms with Gasteiger partial charge in [0, 0.05) is 13.0 Å². The second-order valence-corrected chi connectivity index (χ2v) is 7.62. The van der Waals surface area contributed by atoms with Gasteiger partial charge in [-0.1, -0.05) is 18.2 Å². The van der Waals surface area contributed by atoms with Gasteiger partial charge in [0.05, 0.1) is 28.8 Å². The van der Waals surface area contributed by atoms with Crippen LogP contribution in [-0.2, 0) is 9.59 Å². The Bertz CT molecular complexity index is 927. The summed E-state index contributed by atoms with van der Waals surface area (Å²) in [5.41, 5.74) is 2.99.